The van der Waals surface area contributed by atoms with Crippen molar-refractivity contribution in [3.05, 3.63) is 6.42 Å². The van der Waals surface area contributed by atoms with Crippen molar-refractivity contribution in [2.24, 2.45) is 5.92 Å². The Morgan fingerprint density at radius 2 is 2.38 bits per heavy atom. The quantitative estimate of drug-likeness (QED) is 0.549. The standard InChI is InChI=1S/C5H7F2O/c6-5(7)8-3-4-1-2-4/h1,4-5H,2-3H2. The molecular weight excluding hydrogens is 114 g/mol. The molecule has 1 unspecified atom stereocenters. The minimum Gasteiger partial charge on any atom is -0.323 e. The van der Waals surface area contributed by atoms with Gasteiger partial charge in [0.2, 0.25) is 0 Å². The van der Waals surface area contributed by atoms with Gasteiger partial charge in [0.1, 0.15) is 0 Å². The smallest absolute Gasteiger partial charge is 0.323 e. The van der Waals surface area contributed by atoms with Crippen LogP contribution in [0, 0.1) is 12.3 Å². The zero-order valence-corrected chi connectivity index (χ0v) is 4.31. The normalized spacial score (nSPS) is 19.9. The molecule has 0 aliphatic heterocycles. The van der Waals surface area contributed by atoms with Crippen LogP contribution in [0.2, 0.25) is 0 Å². The van der Waals surface area contributed by atoms with Crippen LogP contribution < -0.4 is 0 Å². The molecule has 0 amide bonds. The number of hydrogen-bond donors (Lipinski definition) is 0. The van der Waals surface area contributed by atoms with E-state index in [-0.39, 0.29) is 6.61 Å². The number of alkyl halides is 2. The number of ether oxygens (including phenoxy) is 1. The van der Waals surface area contributed by atoms with E-state index in [2.05, 4.69) is 4.74 Å². The Bertz CT molecular complexity index is 68.8. The van der Waals surface area contributed by atoms with Gasteiger partial charge in [0.25, 0.3) is 0 Å². The maximum atomic E-state index is 11.2. The van der Waals surface area contributed by atoms with Crippen molar-refractivity contribution in [1.82, 2.24) is 0 Å². The summed E-state index contributed by atoms with van der Waals surface area (Å²) in [6, 6.07) is 0. The Balaban J connectivity index is 1.87. The van der Waals surface area contributed by atoms with Crippen LogP contribution in [-0.2, 0) is 4.74 Å². The Morgan fingerprint density at radius 1 is 1.75 bits per heavy atom. The van der Waals surface area contributed by atoms with Crippen LogP contribution >= 0.6 is 0 Å². The molecule has 1 atom stereocenters. The summed E-state index contributed by atoms with van der Waals surface area (Å²) in [4.78, 5) is 0. The highest BCUT2D eigenvalue weighted by Crippen LogP contribution is 2.27. The second kappa shape index (κ2) is 2.40. The molecule has 0 aromatic carbocycles. The first-order valence-electron chi connectivity index (χ1n) is 2.52. The van der Waals surface area contributed by atoms with Crippen LogP contribution in [0.15, 0.2) is 0 Å². The molecule has 0 N–H and O–H groups in total. The molecule has 1 rings (SSSR count). The average Bonchev–Trinajstić information content (AvgIpc) is 2.41. The summed E-state index contributed by atoms with van der Waals surface area (Å²) in [6.45, 7) is -2.40. The van der Waals surface area contributed by atoms with E-state index >= 15 is 0 Å². The van der Waals surface area contributed by atoms with Gasteiger partial charge in [-0.1, -0.05) is 0 Å². The number of rotatable bonds is 3. The first kappa shape index (κ1) is 5.95. The minimum atomic E-state index is -2.59. The second-order valence-corrected chi connectivity index (χ2v) is 1.83. The first-order valence-corrected chi connectivity index (χ1v) is 2.52. The van der Waals surface area contributed by atoms with Crippen molar-refractivity contribution >= 4 is 0 Å². The lowest BCUT2D eigenvalue weighted by atomic mass is 10.5. The molecule has 1 radical (unpaired) electrons. The average molecular weight is 121 g/mol. The molecule has 1 nitrogen and oxygen atoms in total. The van der Waals surface area contributed by atoms with Gasteiger partial charge in [-0.25, -0.2) is 0 Å². The van der Waals surface area contributed by atoms with Crippen molar-refractivity contribution in [2.75, 3.05) is 6.61 Å². The van der Waals surface area contributed by atoms with Gasteiger partial charge in [-0.2, -0.15) is 8.78 Å². The lowest BCUT2D eigenvalue weighted by Gasteiger charge is -1.97. The van der Waals surface area contributed by atoms with Crippen molar-refractivity contribution in [3.63, 3.8) is 0 Å². The largest absolute Gasteiger partial charge is 0.345 e. The molecule has 47 valence electrons. The summed E-state index contributed by atoms with van der Waals surface area (Å²) in [6.07, 6.45) is 2.88. The third-order valence-electron chi connectivity index (χ3n) is 1.01. The molecule has 8 heavy (non-hydrogen) atoms. The number of hydrogen-bond acceptors (Lipinski definition) is 1. The SMILES string of the molecule is FC(F)OCC1[CH]C1. The van der Waals surface area contributed by atoms with E-state index in [1.54, 1.807) is 0 Å². The molecule has 0 aromatic heterocycles. The van der Waals surface area contributed by atoms with Gasteiger partial charge in [0.15, 0.2) is 0 Å². The van der Waals surface area contributed by atoms with Crippen LogP contribution in [0.4, 0.5) is 8.78 Å². The molecule has 1 aliphatic rings. The highest BCUT2D eigenvalue weighted by Gasteiger charge is 2.23. The van der Waals surface area contributed by atoms with Gasteiger partial charge in [0.05, 0.1) is 6.61 Å². The Labute approximate surface area is 46.6 Å². The molecule has 0 aromatic rings. The minimum absolute atomic E-state index is 0.192. The number of halogens is 2. The van der Waals surface area contributed by atoms with E-state index in [0.29, 0.717) is 5.92 Å². The fraction of sp³-hybridized carbons (Fsp3) is 0.800. The summed E-state index contributed by atoms with van der Waals surface area (Å²) < 4.78 is 26.4. The summed E-state index contributed by atoms with van der Waals surface area (Å²) in [5, 5.41) is 0. The van der Waals surface area contributed by atoms with Gasteiger partial charge in [-0.3, -0.25) is 0 Å². The van der Waals surface area contributed by atoms with E-state index in [9.17, 15) is 8.78 Å². The molecule has 1 aliphatic carbocycles. The molecule has 0 bridgehead atoms. The predicted octanol–water partition coefficient (Wildman–Crippen LogP) is 1.45. The van der Waals surface area contributed by atoms with Crippen LogP contribution in [0.1, 0.15) is 6.42 Å². The van der Waals surface area contributed by atoms with Crippen molar-refractivity contribution < 1.29 is 13.5 Å². The van der Waals surface area contributed by atoms with Crippen LogP contribution in [0.3, 0.4) is 0 Å². The molecule has 0 heterocycles. The molecular formula is C5H7F2O. The summed E-state index contributed by atoms with van der Waals surface area (Å²) in [7, 11) is 0. The molecule has 3 heteroatoms. The first-order chi connectivity index (χ1) is 3.79. The van der Waals surface area contributed by atoms with E-state index in [1.807, 2.05) is 6.42 Å². The lowest BCUT2D eigenvalue weighted by Crippen LogP contribution is -2.01. The third-order valence-corrected chi connectivity index (χ3v) is 1.01. The van der Waals surface area contributed by atoms with Crippen molar-refractivity contribution in [3.8, 4) is 0 Å². The van der Waals surface area contributed by atoms with Gasteiger partial charge in [-0.15, -0.1) is 0 Å². The van der Waals surface area contributed by atoms with E-state index in [4.69, 9.17) is 0 Å². The Kier molecular flexibility index (Phi) is 1.78. The topological polar surface area (TPSA) is 9.23 Å². The van der Waals surface area contributed by atoms with E-state index in [0.717, 1.165) is 6.42 Å². The maximum Gasteiger partial charge on any atom is 0.345 e. The van der Waals surface area contributed by atoms with Gasteiger partial charge >= 0.3 is 6.61 Å². The van der Waals surface area contributed by atoms with Gasteiger partial charge < -0.3 is 4.74 Å². The maximum absolute atomic E-state index is 11.2. The zero-order chi connectivity index (χ0) is 5.98. The third kappa shape index (κ3) is 2.21. The van der Waals surface area contributed by atoms with E-state index < -0.39 is 6.61 Å². The summed E-state index contributed by atoms with van der Waals surface area (Å²) in [5.74, 6) is 0.309. The fourth-order valence-corrected chi connectivity index (χ4v) is 0.429. The lowest BCUT2D eigenvalue weighted by molar-refractivity contribution is -0.131. The Morgan fingerprint density at radius 3 is 2.75 bits per heavy atom. The molecule has 1 fully saturated rings. The predicted molar refractivity (Wildman–Crippen MR) is 24.4 cm³/mol. The molecule has 0 saturated heterocycles. The van der Waals surface area contributed by atoms with Gasteiger partial charge in [0, 0.05) is 0 Å². The van der Waals surface area contributed by atoms with Crippen molar-refractivity contribution in [2.45, 2.75) is 13.0 Å². The molecule has 1 saturated carbocycles. The monoisotopic (exact) mass is 121 g/mol. The van der Waals surface area contributed by atoms with Crippen LogP contribution in [0.25, 0.3) is 0 Å². The zero-order valence-electron chi connectivity index (χ0n) is 4.31. The second-order valence-electron chi connectivity index (χ2n) is 1.83. The van der Waals surface area contributed by atoms with Crippen LogP contribution in [0.5, 0.6) is 0 Å². The summed E-state index contributed by atoms with van der Waals surface area (Å²) >= 11 is 0. The van der Waals surface area contributed by atoms with Crippen LogP contribution in [-0.4, -0.2) is 13.2 Å². The van der Waals surface area contributed by atoms with E-state index in [1.165, 1.54) is 0 Å². The molecule has 0 spiro atoms. The fourth-order valence-electron chi connectivity index (χ4n) is 0.429. The highest BCUT2D eigenvalue weighted by atomic mass is 19.3. The van der Waals surface area contributed by atoms with Gasteiger partial charge in [-0.05, 0) is 18.8 Å². The Hall–Kier alpha value is -0.180. The van der Waals surface area contributed by atoms with Crippen molar-refractivity contribution in [1.29, 1.82) is 0 Å². The summed E-state index contributed by atoms with van der Waals surface area (Å²) in [5.41, 5.74) is 0. The highest BCUT2D eigenvalue weighted by molar-refractivity contribution is 4.94.